The summed E-state index contributed by atoms with van der Waals surface area (Å²) >= 11 is 6.27. The highest BCUT2D eigenvalue weighted by Crippen LogP contribution is 2.51. The van der Waals surface area contributed by atoms with Crippen molar-refractivity contribution in [2.24, 2.45) is 5.92 Å². The van der Waals surface area contributed by atoms with Gasteiger partial charge in [0.15, 0.2) is 11.3 Å². The molecule has 0 bridgehead atoms. The SMILES string of the molecule is COc1cc(-c2cc(C(=O)N3CC[C@H](C(=O)N[C@H]4CC[C@@](O)(C(F)(F)F)CC4)CC34CC4)n[nH]2)c(Cl)cn1. The number of pyridine rings is 1. The average Bonchev–Trinajstić information content (AvgIpc) is 3.46. The third kappa shape index (κ3) is 4.95. The van der Waals surface area contributed by atoms with E-state index in [1.54, 1.807) is 17.0 Å². The number of halogens is 4. The van der Waals surface area contributed by atoms with Gasteiger partial charge in [-0.3, -0.25) is 14.7 Å². The zero-order valence-corrected chi connectivity index (χ0v) is 21.5. The van der Waals surface area contributed by atoms with Crippen LogP contribution in [0.15, 0.2) is 18.3 Å². The monoisotopic (exact) mass is 555 g/mol. The molecule has 0 unspecified atom stereocenters. The number of nitrogens with zero attached hydrogens (tertiary/aromatic N) is 3. The second kappa shape index (κ2) is 9.71. The largest absolute Gasteiger partial charge is 0.481 e. The minimum atomic E-state index is -4.67. The predicted molar refractivity (Wildman–Crippen MR) is 131 cm³/mol. The minimum Gasteiger partial charge on any atom is -0.481 e. The van der Waals surface area contributed by atoms with Gasteiger partial charge < -0.3 is 20.1 Å². The molecule has 1 aliphatic heterocycles. The third-order valence-electron chi connectivity index (χ3n) is 8.16. The number of H-pyrrole nitrogens is 1. The van der Waals surface area contributed by atoms with Crippen LogP contribution in [0, 0.1) is 5.92 Å². The Morgan fingerprint density at radius 3 is 2.55 bits per heavy atom. The predicted octanol–water partition coefficient (Wildman–Crippen LogP) is 3.87. The molecule has 1 atom stereocenters. The van der Waals surface area contributed by atoms with E-state index in [1.807, 2.05) is 0 Å². The van der Waals surface area contributed by atoms with Crippen molar-refractivity contribution in [1.29, 1.82) is 0 Å². The molecule has 3 N–H and O–H groups in total. The lowest BCUT2D eigenvalue weighted by Crippen LogP contribution is -2.54. The zero-order valence-electron chi connectivity index (χ0n) is 20.8. The number of methoxy groups -OCH3 is 1. The number of hydrogen-bond donors (Lipinski definition) is 3. The number of piperidine rings is 1. The Morgan fingerprint density at radius 2 is 1.92 bits per heavy atom. The molecule has 38 heavy (non-hydrogen) atoms. The third-order valence-corrected chi connectivity index (χ3v) is 8.46. The molecule has 2 aliphatic carbocycles. The summed E-state index contributed by atoms with van der Waals surface area (Å²) in [6.45, 7) is 0.376. The lowest BCUT2D eigenvalue weighted by atomic mass is 9.81. The molecule has 5 rings (SSSR count). The Bertz CT molecular complexity index is 1220. The zero-order chi connectivity index (χ0) is 27.3. The molecule has 2 aromatic rings. The van der Waals surface area contributed by atoms with E-state index in [2.05, 4.69) is 20.5 Å². The molecule has 0 aromatic carbocycles. The van der Waals surface area contributed by atoms with Crippen LogP contribution in [-0.2, 0) is 4.79 Å². The Labute approximate surface area is 222 Å². The molecule has 2 aromatic heterocycles. The Kier molecular flexibility index (Phi) is 6.83. The number of ether oxygens (including phenoxy) is 1. The molecular formula is C25H29ClF3N5O4. The number of aromatic amines is 1. The van der Waals surface area contributed by atoms with Gasteiger partial charge in [0.1, 0.15) is 0 Å². The fourth-order valence-electron chi connectivity index (χ4n) is 5.64. The summed E-state index contributed by atoms with van der Waals surface area (Å²) in [5, 5.41) is 20.2. The van der Waals surface area contributed by atoms with Crippen LogP contribution in [0.4, 0.5) is 13.2 Å². The van der Waals surface area contributed by atoms with Gasteiger partial charge in [-0.15, -0.1) is 0 Å². The van der Waals surface area contributed by atoms with Gasteiger partial charge >= 0.3 is 6.18 Å². The van der Waals surface area contributed by atoms with E-state index in [9.17, 15) is 27.9 Å². The van der Waals surface area contributed by atoms with Crippen LogP contribution in [0.5, 0.6) is 5.88 Å². The van der Waals surface area contributed by atoms with Crippen molar-refractivity contribution in [2.45, 2.75) is 74.7 Å². The summed E-state index contributed by atoms with van der Waals surface area (Å²) < 4.78 is 44.4. The highest BCUT2D eigenvalue weighted by molar-refractivity contribution is 6.33. The van der Waals surface area contributed by atoms with E-state index in [1.165, 1.54) is 13.3 Å². The second-order valence-electron chi connectivity index (χ2n) is 10.6. The normalized spacial score (nSPS) is 26.7. The van der Waals surface area contributed by atoms with Gasteiger partial charge in [0.25, 0.3) is 5.91 Å². The van der Waals surface area contributed by atoms with Crippen LogP contribution in [-0.4, -0.2) is 74.0 Å². The Morgan fingerprint density at radius 1 is 1.21 bits per heavy atom. The van der Waals surface area contributed by atoms with Crippen LogP contribution in [0.3, 0.4) is 0 Å². The number of rotatable bonds is 5. The summed E-state index contributed by atoms with van der Waals surface area (Å²) in [6, 6.07) is 2.87. The number of carbonyl (C=O) groups excluding carboxylic acids is 2. The summed E-state index contributed by atoms with van der Waals surface area (Å²) in [6.07, 6.45) is -1.45. The van der Waals surface area contributed by atoms with E-state index >= 15 is 0 Å². The van der Waals surface area contributed by atoms with Gasteiger partial charge in [-0.25, -0.2) is 4.98 Å². The number of carbonyl (C=O) groups is 2. The molecule has 1 spiro atoms. The molecule has 2 saturated carbocycles. The number of nitrogens with one attached hydrogen (secondary N) is 2. The number of hydrogen-bond acceptors (Lipinski definition) is 6. The Hall–Kier alpha value is -2.86. The number of aliphatic hydroxyl groups is 1. The molecular weight excluding hydrogens is 527 g/mol. The molecule has 2 amide bonds. The summed E-state index contributed by atoms with van der Waals surface area (Å²) in [5.41, 5.74) is -1.72. The molecule has 1 saturated heterocycles. The van der Waals surface area contributed by atoms with Crippen LogP contribution < -0.4 is 10.1 Å². The van der Waals surface area contributed by atoms with Crippen molar-refractivity contribution in [3.63, 3.8) is 0 Å². The number of amides is 2. The van der Waals surface area contributed by atoms with Gasteiger partial charge in [0.05, 0.1) is 24.0 Å². The van der Waals surface area contributed by atoms with Crippen LogP contribution in [0.25, 0.3) is 11.3 Å². The first-order valence-corrected chi connectivity index (χ1v) is 13.0. The van der Waals surface area contributed by atoms with Crippen molar-refractivity contribution in [3.05, 3.63) is 29.0 Å². The van der Waals surface area contributed by atoms with Gasteiger partial charge in [-0.2, -0.15) is 18.3 Å². The summed E-state index contributed by atoms with van der Waals surface area (Å²) in [4.78, 5) is 32.2. The lowest BCUT2D eigenvalue weighted by molar-refractivity contribution is -0.270. The first kappa shape index (κ1) is 26.7. The van der Waals surface area contributed by atoms with Crippen molar-refractivity contribution in [1.82, 2.24) is 25.4 Å². The number of alkyl halides is 3. The quantitative estimate of drug-likeness (QED) is 0.515. The van der Waals surface area contributed by atoms with Crippen LogP contribution in [0.2, 0.25) is 5.02 Å². The summed E-state index contributed by atoms with van der Waals surface area (Å²) in [7, 11) is 1.49. The van der Waals surface area contributed by atoms with Gasteiger partial charge in [0, 0.05) is 35.7 Å². The second-order valence-corrected chi connectivity index (χ2v) is 11.0. The van der Waals surface area contributed by atoms with Gasteiger partial charge in [-0.05, 0) is 57.4 Å². The smallest absolute Gasteiger partial charge is 0.417 e. The topological polar surface area (TPSA) is 120 Å². The molecule has 3 fully saturated rings. The number of aromatic nitrogens is 3. The first-order chi connectivity index (χ1) is 17.9. The van der Waals surface area contributed by atoms with Crippen molar-refractivity contribution in [3.8, 4) is 17.1 Å². The van der Waals surface area contributed by atoms with Crippen LogP contribution in [0.1, 0.15) is 61.9 Å². The lowest BCUT2D eigenvalue weighted by Gasteiger charge is -2.41. The fraction of sp³-hybridized carbons (Fsp3) is 0.600. The molecule has 0 radical (unpaired) electrons. The number of likely N-dealkylation sites (tertiary alicyclic amines) is 1. The van der Waals surface area contributed by atoms with Crippen molar-refractivity contribution < 1.29 is 32.6 Å². The molecule has 206 valence electrons. The van der Waals surface area contributed by atoms with E-state index in [4.69, 9.17) is 16.3 Å². The molecule has 9 nitrogen and oxygen atoms in total. The van der Waals surface area contributed by atoms with Gasteiger partial charge in [-0.1, -0.05) is 11.6 Å². The maximum Gasteiger partial charge on any atom is 0.417 e. The fourth-order valence-corrected chi connectivity index (χ4v) is 5.84. The highest BCUT2D eigenvalue weighted by atomic mass is 35.5. The minimum absolute atomic E-state index is 0.0685. The van der Waals surface area contributed by atoms with E-state index < -0.39 is 36.2 Å². The summed E-state index contributed by atoms with van der Waals surface area (Å²) in [5.74, 6) is -0.398. The molecule has 3 heterocycles. The maximum absolute atomic E-state index is 13.4. The van der Waals surface area contributed by atoms with Crippen molar-refractivity contribution in [2.75, 3.05) is 13.7 Å². The average molecular weight is 556 g/mol. The first-order valence-electron chi connectivity index (χ1n) is 12.6. The van der Waals surface area contributed by atoms with Gasteiger partial charge in [0.2, 0.25) is 11.8 Å². The van der Waals surface area contributed by atoms with E-state index in [0.29, 0.717) is 41.5 Å². The van der Waals surface area contributed by atoms with E-state index in [-0.39, 0.29) is 36.3 Å². The maximum atomic E-state index is 13.4. The highest BCUT2D eigenvalue weighted by Gasteiger charge is 2.56. The van der Waals surface area contributed by atoms with E-state index in [0.717, 1.165) is 12.8 Å². The van der Waals surface area contributed by atoms with Crippen LogP contribution >= 0.6 is 11.6 Å². The molecule has 13 heteroatoms. The standard InChI is InChI=1S/C25H29ClF3N5O4/c1-38-20-10-16(17(26)13-30-20)18-11-19(33-32-18)22(36)34-9-4-14(12-23(34)7-8-23)21(35)31-15-2-5-24(37,6-3-15)25(27,28)29/h10-11,13-15,37H,2-9,12H2,1H3,(H,31,35)(H,32,33)/t14-,15-,24-/m0/s1. The van der Waals surface area contributed by atoms with Crippen molar-refractivity contribution >= 4 is 23.4 Å². The Balaban J connectivity index is 1.20. The molecule has 3 aliphatic rings.